The monoisotopic (exact) mass is 228 g/mol. The summed E-state index contributed by atoms with van der Waals surface area (Å²) in [5.74, 6) is 0.108. The molecule has 86 valence electrons. The minimum atomic E-state index is -0.504. The summed E-state index contributed by atoms with van der Waals surface area (Å²) in [6, 6.07) is 0.383. The Kier molecular flexibility index (Phi) is 3.10. The molecule has 0 bridgehead atoms. The van der Waals surface area contributed by atoms with Crippen LogP contribution < -0.4 is 0 Å². The van der Waals surface area contributed by atoms with Crippen molar-refractivity contribution in [3.05, 3.63) is 0 Å². The minimum absolute atomic E-state index is 0.108. The molecule has 1 amide bonds. The molecule has 0 aromatic carbocycles. The van der Waals surface area contributed by atoms with Crippen LogP contribution in [0.3, 0.4) is 0 Å². The molecule has 15 heavy (non-hydrogen) atoms. The van der Waals surface area contributed by atoms with Gasteiger partial charge in [-0.25, -0.2) is 0 Å². The quantitative estimate of drug-likeness (QED) is 0.676. The summed E-state index contributed by atoms with van der Waals surface area (Å²) in [6.45, 7) is 12.0. The Labute approximate surface area is 97.4 Å². The van der Waals surface area contributed by atoms with Crippen LogP contribution in [0.4, 0.5) is 0 Å². The smallest absolute Gasteiger partial charge is 0.254 e. The van der Waals surface area contributed by atoms with Crippen molar-refractivity contribution in [2.75, 3.05) is 0 Å². The summed E-state index contributed by atoms with van der Waals surface area (Å²) in [5, 5.41) is 0.662. The van der Waals surface area contributed by atoms with Gasteiger partial charge in [0.2, 0.25) is 0 Å². The predicted molar refractivity (Wildman–Crippen MR) is 65.6 cm³/mol. The second-order valence-electron chi connectivity index (χ2n) is 5.07. The molecule has 0 radical (unpaired) electrons. The first kappa shape index (κ1) is 12.4. The number of amides is 1. The molecule has 1 rings (SSSR count). The lowest BCUT2D eigenvalue weighted by Gasteiger charge is -2.33. The van der Waals surface area contributed by atoms with Crippen LogP contribution in [0.15, 0.2) is 0 Å². The first-order chi connectivity index (χ1) is 6.71. The van der Waals surface area contributed by atoms with Crippen molar-refractivity contribution in [1.29, 1.82) is 0 Å². The molecule has 0 atom stereocenters. The zero-order valence-corrected chi connectivity index (χ0v) is 11.2. The topological polar surface area (TPSA) is 23.6 Å². The van der Waals surface area contributed by atoms with E-state index in [1.807, 2.05) is 32.6 Å². The van der Waals surface area contributed by atoms with Crippen LogP contribution in [0.1, 0.15) is 41.5 Å². The van der Waals surface area contributed by atoms with Crippen molar-refractivity contribution in [2.45, 2.75) is 59.2 Å². The van der Waals surface area contributed by atoms with Gasteiger partial charge in [0.15, 0.2) is 5.11 Å². The van der Waals surface area contributed by atoms with Crippen molar-refractivity contribution >= 4 is 23.2 Å². The summed E-state index contributed by atoms with van der Waals surface area (Å²) in [4.78, 5) is 15.9. The van der Waals surface area contributed by atoms with Gasteiger partial charge in [0, 0.05) is 12.1 Å². The standard InChI is InChI=1S/C11H20N2OS/c1-7(2)12-9(14)11(5,6)13(8(3)4)10(12)15/h7-8H,1-6H3. The van der Waals surface area contributed by atoms with E-state index < -0.39 is 5.54 Å². The minimum Gasteiger partial charge on any atom is -0.332 e. The van der Waals surface area contributed by atoms with Crippen LogP contribution >= 0.6 is 12.2 Å². The highest BCUT2D eigenvalue weighted by Gasteiger charge is 2.50. The van der Waals surface area contributed by atoms with E-state index in [-0.39, 0.29) is 18.0 Å². The second kappa shape index (κ2) is 3.74. The van der Waals surface area contributed by atoms with Crippen LogP contribution in [0.5, 0.6) is 0 Å². The number of rotatable bonds is 2. The summed E-state index contributed by atoms with van der Waals surface area (Å²) in [5.41, 5.74) is -0.504. The highest BCUT2D eigenvalue weighted by atomic mass is 32.1. The Morgan fingerprint density at radius 2 is 1.60 bits per heavy atom. The number of nitrogens with zero attached hydrogens (tertiary/aromatic N) is 2. The van der Waals surface area contributed by atoms with Crippen molar-refractivity contribution in [1.82, 2.24) is 9.80 Å². The van der Waals surface area contributed by atoms with Crippen LogP contribution in [-0.2, 0) is 4.79 Å². The van der Waals surface area contributed by atoms with Gasteiger partial charge in [0.25, 0.3) is 5.91 Å². The summed E-state index contributed by atoms with van der Waals surface area (Å²) < 4.78 is 0. The van der Waals surface area contributed by atoms with Gasteiger partial charge in [-0.05, 0) is 53.8 Å². The molecule has 0 aromatic rings. The first-order valence-electron chi connectivity index (χ1n) is 5.38. The van der Waals surface area contributed by atoms with Crippen LogP contribution in [0.2, 0.25) is 0 Å². The number of thiocarbonyl (C=S) groups is 1. The fraction of sp³-hybridized carbons (Fsp3) is 0.818. The summed E-state index contributed by atoms with van der Waals surface area (Å²) in [6.07, 6.45) is 0. The highest BCUT2D eigenvalue weighted by Crippen LogP contribution is 2.31. The number of carbonyl (C=O) groups excluding carboxylic acids is 1. The molecule has 0 spiro atoms. The van der Waals surface area contributed by atoms with Crippen LogP contribution in [-0.4, -0.2) is 38.4 Å². The Morgan fingerprint density at radius 1 is 1.13 bits per heavy atom. The van der Waals surface area contributed by atoms with Gasteiger partial charge < -0.3 is 4.90 Å². The number of carbonyl (C=O) groups is 1. The molecule has 1 saturated heterocycles. The molecule has 0 aromatic heterocycles. The van der Waals surface area contributed by atoms with E-state index in [1.165, 1.54) is 0 Å². The Morgan fingerprint density at radius 3 is 1.80 bits per heavy atom. The van der Waals surface area contributed by atoms with Gasteiger partial charge in [-0.15, -0.1) is 0 Å². The van der Waals surface area contributed by atoms with E-state index in [9.17, 15) is 4.79 Å². The third kappa shape index (κ3) is 1.75. The predicted octanol–water partition coefficient (Wildman–Crippen LogP) is 2.01. The summed E-state index contributed by atoms with van der Waals surface area (Å²) >= 11 is 5.37. The largest absolute Gasteiger partial charge is 0.332 e. The van der Waals surface area contributed by atoms with Crippen molar-refractivity contribution in [2.24, 2.45) is 0 Å². The maximum atomic E-state index is 12.2. The molecular formula is C11H20N2OS. The molecule has 3 nitrogen and oxygen atoms in total. The lowest BCUT2D eigenvalue weighted by molar-refractivity contribution is -0.133. The first-order valence-corrected chi connectivity index (χ1v) is 5.79. The molecule has 4 heteroatoms. The van der Waals surface area contributed by atoms with E-state index in [1.54, 1.807) is 4.90 Å². The van der Waals surface area contributed by atoms with Gasteiger partial charge in [-0.3, -0.25) is 9.69 Å². The third-order valence-electron chi connectivity index (χ3n) is 2.79. The van der Waals surface area contributed by atoms with E-state index >= 15 is 0 Å². The maximum absolute atomic E-state index is 12.2. The zero-order chi connectivity index (χ0) is 12.0. The van der Waals surface area contributed by atoms with Gasteiger partial charge in [-0.1, -0.05) is 0 Å². The average molecular weight is 228 g/mol. The molecule has 1 aliphatic rings. The summed E-state index contributed by atoms with van der Waals surface area (Å²) in [7, 11) is 0. The van der Waals surface area contributed by atoms with Gasteiger partial charge in [0.1, 0.15) is 5.54 Å². The molecule has 0 unspecified atom stereocenters. The molecule has 0 N–H and O–H groups in total. The fourth-order valence-electron chi connectivity index (χ4n) is 2.16. The molecule has 1 heterocycles. The number of hydrogen-bond acceptors (Lipinski definition) is 2. The lowest BCUT2D eigenvalue weighted by Crippen LogP contribution is -2.47. The maximum Gasteiger partial charge on any atom is 0.254 e. The third-order valence-corrected chi connectivity index (χ3v) is 3.18. The van der Waals surface area contributed by atoms with Crippen molar-refractivity contribution in [3.8, 4) is 0 Å². The van der Waals surface area contributed by atoms with Gasteiger partial charge in [0.05, 0.1) is 0 Å². The molecule has 1 aliphatic heterocycles. The van der Waals surface area contributed by atoms with Crippen LogP contribution in [0, 0.1) is 0 Å². The molecule has 0 saturated carbocycles. The fourth-order valence-corrected chi connectivity index (χ4v) is 2.89. The van der Waals surface area contributed by atoms with Gasteiger partial charge >= 0.3 is 0 Å². The SMILES string of the molecule is CC(C)N1C(=O)C(C)(C)N(C(C)C)C1=S. The highest BCUT2D eigenvalue weighted by molar-refractivity contribution is 7.80. The van der Waals surface area contributed by atoms with E-state index in [4.69, 9.17) is 12.2 Å². The Balaban J connectivity index is 3.14. The van der Waals surface area contributed by atoms with Crippen molar-refractivity contribution in [3.63, 3.8) is 0 Å². The van der Waals surface area contributed by atoms with E-state index in [2.05, 4.69) is 13.8 Å². The van der Waals surface area contributed by atoms with Crippen molar-refractivity contribution < 1.29 is 4.79 Å². The van der Waals surface area contributed by atoms with Gasteiger partial charge in [-0.2, -0.15) is 0 Å². The van der Waals surface area contributed by atoms with E-state index in [0.29, 0.717) is 5.11 Å². The molecule has 0 aliphatic carbocycles. The molecular weight excluding hydrogens is 208 g/mol. The van der Waals surface area contributed by atoms with Crippen LogP contribution in [0.25, 0.3) is 0 Å². The van der Waals surface area contributed by atoms with E-state index in [0.717, 1.165) is 0 Å². The molecule has 1 fully saturated rings. The average Bonchev–Trinajstić information content (AvgIpc) is 2.17. The normalized spacial score (nSPS) is 21.1. The lowest BCUT2D eigenvalue weighted by atomic mass is 10.0. The Bertz CT molecular complexity index is 297. The zero-order valence-electron chi connectivity index (χ0n) is 10.4. The second-order valence-corrected chi connectivity index (χ2v) is 5.44. The Hall–Kier alpha value is -0.640. The number of hydrogen-bond donors (Lipinski definition) is 0.